The first-order chi connectivity index (χ1) is 12.6. The molecule has 0 aromatic carbocycles. The van der Waals surface area contributed by atoms with Crippen LogP contribution in [0.15, 0.2) is 17.1 Å². The molecule has 0 unspecified atom stereocenters. The Bertz CT molecular complexity index is 724. The fourth-order valence-corrected chi connectivity index (χ4v) is 3.08. The van der Waals surface area contributed by atoms with E-state index >= 15 is 0 Å². The molecule has 0 saturated carbocycles. The number of aromatic nitrogens is 3. The van der Waals surface area contributed by atoms with Gasteiger partial charge >= 0.3 is 6.03 Å². The molecular formula is C18H27N5O3. The van der Waals surface area contributed by atoms with Crippen LogP contribution in [-0.4, -0.2) is 52.0 Å². The van der Waals surface area contributed by atoms with E-state index in [1.807, 2.05) is 16.5 Å². The van der Waals surface area contributed by atoms with Crippen LogP contribution in [0.3, 0.4) is 0 Å². The summed E-state index contributed by atoms with van der Waals surface area (Å²) in [7, 11) is 0. The van der Waals surface area contributed by atoms with Crippen molar-refractivity contribution in [3.63, 3.8) is 0 Å². The topological polar surface area (TPSA) is 85.4 Å². The second kappa shape index (κ2) is 8.35. The van der Waals surface area contributed by atoms with Crippen LogP contribution in [-0.2, 0) is 24.2 Å². The molecule has 0 atom stereocenters. The number of nitrogens with one attached hydrogen (secondary N) is 1. The van der Waals surface area contributed by atoms with E-state index in [0.29, 0.717) is 51.0 Å². The highest BCUT2D eigenvalue weighted by molar-refractivity contribution is 5.75. The zero-order chi connectivity index (χ0) is 18.5. The van der Waals surface area contributed by atoms with Gasteiger partial charge in [0.25, 0.3) is 0 Å². The molecule has 1 aliphatic rings. The van der Waals surface area contributed by atoms with Gasteiger partial charge < -0.3 is 19.4 Å². The molecule has 0 bridgehead atoms. The molecule has 1 N–H and O–H groups in total. The summed E-state index contributed by atoms with van der Waals surface area (Å²) in [6.45, 7) is 10.0. The number of nitrogens with zero attached hydrogens (tertiary/aromatic N) is 4. The van der Waals surface area contributed by atoms with Gasteiger partial charge in [0, 0.05) is 37.4 Å². The Morgan fingerprint density at radius 1 is 1.46 bits per heavy atom. The molecule has 0 spiro atoms. The van der Waals surface area contributed by atoms with Crippen molar-refractivity contribution in [1.29, 1.82) is 0 Å². The average Bonchev–Trinajstić information content (AvgIpc) is 3.27. The van der Waals surface area contributed by atoms with E-state index in [2.05, 4.69) is 24.1 Å². The smallest absolute Gasteiger partial charge is 0.317 e. The van der Waals surface area contributed by atoms with Gasteiger partial charge in [-0.1, -0.05) is 13.8 Å². The maximum absolute atomic E-state index is 12.5. The third-order valence-corrected chi connectivity index (χ3v) is 4.41. The van der Waals surface area contributed by atoms with E-state index in [1.165, 1.54) is 6.39 Å². The van der Waals surface area contributed by atoms with E-state index < -0.39 is 0 Å². The van der Waals surface area contributed by atoms with Crippen molar-refractivity contribution in [2.45, 2.75) is 40.3 Å². The van der Waals surface area contributed by atoms with Crippen molar-refractivity contribution in [2.75, 3.05) is 26.3 Å². The Kier molecular flexibility index (Phi) is 5.92. The zero-order valence-corrected chi connectivity index (χ0v) is 15.7. The number of urea groups is 1. The number of carbonyl (C=O) groups is 1. The molecule has 0 saturated heterocycles. The SMILES string of the molecule is CCOCCn1nc(-c2cocn2)c2c1CCN(C(=O)NCC(C)C)C2. The van der Waals surface area contributed by atoms with Crippen LogP contribution in [0.2, 0.25) is 0 Å². The van der Waals surface area contributed by atoms with Crippen LogP contribution in [0.5, 0.6) is 0 Å². The summed E-state index contributed by atoms with van der Waals surface area (Å²) in [5, 5.41) is 7.72. The van der Waals surface area contributed by atoms with Gasteiger partial charge in [-0.05, 0) is 12.8 Å². The minimum Gasteiger partial charge on any atom is -0.451 e. The molecule has 8 heteroatoms. The molecule has 2 aromatic rings. The standard InChI is InChI=1S/C18H27N5O3/c1-4-25-8-7-23-16-5-6-22(18(24)19-9-13(2)3)10-14(16)17(21-23)15-11-26-12-20-15/h11-13H,4-10H2,1-3H3,(H,19,24). The van der Waals surface area contributed by atoms with Crippen LogP contribution >= 0.6 is 0 Å². The van der Waals surface area contributed by atoms with Gasteiger partial charge in [0.2, 0.25) is 0 Å². The van der Waals surface area contributed by atoms with Crippen molar-refractivity contribution in [3.05, 3.63) is 23.9 Å². The lowest BCUT2D eigenvalue weighted by atomic mass is 10.0. The lowest BCUT2D eigenvalue weighted by Gasteiger charge is -2.28. The monoisotopic (exact) mass is 361 g/mol. The summed E-state index contributed by atoms with van der Waals surface area (Å²) >= 11 is 0. The number of rotatable bonds is 7. The van der Waals surface area contributed by atoms with E-state index in [1.54, 1.807) is 6.26 Å². The Labute approximate surface area is 153 Å². The average molecular weight is 361 g/mol. The van der Waals surface area contributed by atoms with Gasteiger partial charge in [-0.25, -0.2) is 9.78 Å². The van der Waals surface area contributed by atoms with Crippen molar-refractivity contribution in [2.24, 2.45) is 5.92 Å². The number of ether oxygens (including phenoxy) is 1. The van der Waals surface area contributed by atoms with Gasteiger partial charge in [-0.15, -0.1) is 0 Å². The van der Waals surface area contributed by atoms with Gasteiger partial charge in [-0.3, -0.25) is 4.68 Å². The fourth-order valence-electron chi connectivity index (χ4n) is 3.08. The first-order valence-electron chi connectivity index (χ1n) is 9.17. The van der Waals surface area contributed by atoms with Crippen LogP contribution in [0.25, 0.3) is 11.4 Å². The second-order valence-electron chi connectivity index (χ2n) is 6.82. The van der Waals surface area contributed by atoms with Crippen LogP contribution in [0.1, 0.15) is 32.0 Å². The quantitative estimate of drug-likeness (QED) is 0.765. The van der Waals surface area contributed by atoms with E-state index in [4.69, 9.17) is 14.3 Å². The van der Waals surface area contributed by atoms with E-state index in [9.17, 15) is 4.79 Å². The van der Waals surface area contributed by atoms with Crippen molar-refractivity contribution >= 4 is 6.03 Å². The normalized spacial score (nSPS) is 13.9. The molecule has 2 amide bonds. The Morgan fingerprint density at radius 3 is 3.00 bits per heavy atom. The van der Waals surface area contributed by atoms with Crippen molar-refractivity contribution < 1.29 is 13.9 Å². The van der Waals surface area contributed by atoms with Gasteiger partial charge in [0.1, 0.15) is 17.7 Å². The van der Waals surface area contributed by atoms with Crippen molar-refractivity contribution in [1.82, 2.24) is 25.0 Å². The van der Waals surface area contributed by atoms with Crippen LogP contribution in [0.4, 0.5) is 4.79 Å². The second-order valence-corrected chi connectivity index (χ2v) is 6.82. The maximum atomic E-state index is 12.5. The molecule has 26 heavy (non-hydrogen) atoms. The molecule has 8 nitrogen and oxygen atoms in total. The van der Waals surface area contributed by atoms with Crippen LogP contribution in [0, 0.1) is 5.92 Å². The fraction of sp³-hybridized carbons (Fsp3) is 0.611. The summed E-state index contributed by atoms with van der Waals surface area (Å²) < 4.78 is 12.6. The minimum absolute atomic E-state index is 0.0301. The Hall–Kier alpha value is -2.35. The van der Waals surface area contributed by atoms with E-state index in [0.717, 1.165) is 23.4 Å². The summed E-state index contributed by atoms with van der Waals surface area (Å²) in [5.74, 6) is 0.423. The lowest BCUT2D eigenvalue weighted by Crippen LogP contribution is -2.44. The van der Waals surface area contributed by atoms with Gasteiger partial charge in [0.05, 0.1) is 19.7 Å². The predicted molar refractivity (Wildman–Crippen MR) is 96.6 cm³/mol. The zero-order valence-electron chi connectivity index (χ0n) is 15.7. The summed E-state index contributed by atoms with van der Waals surface area (Å²) in [5.41, 5.74) is 3.67. The van der Waals surface area contributed by atoms with Crippen molar-refractivity contribution in [3.8, 4) is 11.4 Å². The highest BCUT2D eigenvalue weighted by Crippen LogP contribution is 2.29. The minimum atomic E-state index is -0.0301. The summed E-state index contributed by atoms with van der Waals surface area (Å²) in [4.78, 5) is 18.5. The Morgan fingerprint density at radius 2 is 2.31 bits per heavy atom. The third-order valence-electron chi connectivity index (χ3n) is 4.41. The number of fused-ring (bicyclic) bond motifs is 1. The number of hydrogen-bond donors (Lipinski definition) is 1. The largest absolute Gasteiger partial charge is 0.451 e. The van der Waals surface area contributed by atoms with Gasteiger partial charge in [0.15, 0.2) is 6.39 Å². The number of oxazole rings is 1. The molecule has 3 heterocycles. The predicted octanol–water partition coefficient (Wildman–Crippen LogP) is 2.30. The molecular weight excluding hydrogens is 334 g/mol. The lowest BCUT2D eigenvalue weighted by molar-refractivity contribution is 0.135. The maximum Gasteiger partial charge on any atom is 0.317 e. The number of amides is 2. The van der Waals surface area contributed by atoms with Crippen LogP contribution < -0.4 is 5.32 Å². The summed E-state index contributed by atoms with van der Waals surface area (Å²) in [6, 6.07) is -0.0301. The van der Waals surface area contributed by atoms with Gasteiger partial charge in [-0.2, -0.15) is 5.10 Å². The van der Waals surface area contributed by atoms with E-state index in [-0.39, 0.29) is 6.03 Å². The molecule has 2 aromatic heterocycles. The molecule has 3 rings (SSSR count). The highest BCUT2D eigenvalue weighted by Gasteiger charge is 2.28. The first-order valence-corrected chi connectivity index (χ1v) is 9.17. The number of carbonyl (C=O) groups excluding carboxylic acids is 1. The number of hydrogen-bond acceptors (Lipinski definition) is 5. The highest BCUT2D eigenvalue weighted by atomic mass is 16.5. The molecule has 142 valence electrons. The Balaban J connectivity index is 1.81. The summed E-state index contributed by atoms with van der Waals surface area (Å²) in [6.07, 6.45) is 3.76. The first kappa shape index (κ1) is 18.4. The molecule has 1 aliphatic heterocycles. The molecule has 0 radical (unpaired) electrons. The third kappa shape index (κ3) is 4.07. The molecule has 0 aliphatic carbocycles. The molecule has 0 fully saturated rings.